The summed E-state index contributed by atoms with van der Waals surface area (Å²) >= 11 is 0. The Balaban J connectivity index is 0.000000125. The van der Waals surface area contributed by atoms with Crippen molar-refractivity contribution in [3.8, 4) is 0 Å². The number of benzene rings is 1. The van der Waals surface area contributed by atoms with Gasteiger partial charge in [0.2, 0.25) is 0 Å². The Bertz CT molecular complexity index is 390. The van der Waals surface area contributed by atoms with Crippen LogP contribution in [-0.4, -0.2) is 5.78 Å². The van der Waals surface area contributed by atoms with Gasteiger partial charge in [0.05, 0.1) is 0 Å². The maximum absolute atomic E-state index is 11.6. The second-order valence-electron chi connectivity index (χ2n) is 6.36. The monoisotopic (exact) mass is 242 g/mol. The van der Waals surface area contributed by atoms with E-state index in [0.717, 1.165) is 11.8 Å². The van der Waals surface area contributed by atoms with Crippen LogP contribution in [0.4, 0.5) is 0 Å². The minimum absolute atomic E-state index is 0.506. The van der Waals surface area contributed by atoms with Crippen molar-refractivity contribution in [1.29, 1.82) is 0 Å². The minimum atomic E-state index is 0.506. The maximum atomic E-state index is 11.6. The van der Waals surface area contributed by atoms with Gasteiger partial charge in [-0.2, -0.15) is 0 Å². The summed E-state index contributed by atoms with van der Waals surface area (Å²) in [5, 5.41) is 0. The van der Waals surface area contributed by atoms with Crippen molar-refractivity contribution in [3.63, 3.8) is 0 Å². The number of Topliss-reactive ketones (excluding diaryl/α,β-unsaturated/α-hetero) is 1. The van der Waals surface area contributed by atoms with Crippen molar-refractivity contribution in [2.24, 2.45) is 23.7 Å². The van der Waals surface area contributed by atoms with Crippen LogP contribution in [0.5, 0.6) is 0 Å². The van der Waals surface area contributed by atoms with Crippen LogP contribution in [-0.2, 0) is 4.79 Å². The van der Waals surface area contributed by atoms with Gasteiger partial charge in [-0.15, -0.1) is 0 Å². The molecule has 0 unspecified atom stereocenters. The third-order valence-electron chi connectivity index (χ3n) is 4.88. The Hall–Kier alpha value is -1.11. The normalized spacial score (nSPS) is 36.2. The highest BCUT2D eigenvalue weighted by Gasteiger charge is 2.47. The van der Waals surface area contributed by atoms with E-state index >= 15 is 0 Å². The number of ketones is 1. The SMILES string of the molecule is Cc1ccccc1.O=C1C2CC3CC(C2)CC1C3. The summed E-state index contributed by atoms with van der Waals surface area (Å²) in [6.45, 7) is 2.08. The second kappa shape index (κ2) is 4.87. The first-order valence-electron chi connectivity index (χ1n) is 7.27. The lowest BCUT2D eigenvalue weighted by atomic mass is 9.56. The van der Waals surface area contributed by atoms with Gasteiger partial charge in [-0.3, -0.25) is 4.79 Å². The van der Waals surface area contributed by atoms with Crippen LogP contribution in [0.2, 0.25) is 0 Å². The zero-order valence-corrected chi connectivity index (χ0v) is 11.1. The van der Waals surface area contributed by atoms with Crippen LogP contribution in [0.25, 0.3) is 0 Å². The molecule has 4 aliphatic carbocycles. The molecule has 4 aliphatic rings. The first kappa shape index (κ1) is 12.0. The van der Waals surface area contributed by atoms with Gasteiger partial charge in [0.1, 0.15) is 5.78 Å². The summed E-state index contributed by atoms with van der Waals surface area (Å²) in [4.78, 5) is 11.6. The first-order chi connectivity index (χ1) is 8.72. The molecule has 4 bridgehead atoms. The molecule has 0 spiro atoms. The van der Waals surface area contributed by atoms with Gasteiger partial charge in [0.25, 0.3) is 0 Å². The molecule has 1 nitrogen and oxygen atoms in total. The van der Waals surface area contributed by atoms with E-state index in [2.05, 4.69) is 19.1 Å². The molecule has 0 amide bonds. The van der Waals surface area contributed by atoms with Crippen LogP contribution in [0.1, 0.15) is 37.7 Å². The number of hydrogen-bond donors (Lipinski definition) is 0. The smallest absolute Gasteiger partial charge is 0.139 e. The van der Waals surface area contributed by atoms with Gasteiger partial charge in [-0.05, 0) is 50.9 Å². The topological polar surface area (TPSA) is 17.1 Å². The third-order valence-corrected chi connectivity index (χ3v) is 4.88. The fourth-order valence-corrected chi connectivity index (χ4v) is 4.18. The number of aryl methyl sites for hydroxylation is 1. The molecule has 96 valence electrons. The maximum Gasteiger partial charge on any atom is 0.139 e. The molecule has 4 fully saturated rings. The van der Waals surface area contributed by atoms with E-state index in [1.54, 1.807) is 0 Å². The average Bonchev–Trinajstić information content (AvgIpc) is 2.36. The van der Waals surface area contributed by atoms with E-state index in [9.17, 15) is 4.79 Å². The molecule has 0 atom stereocenters. The van der Waals surface area contributed by atoms with Crippen molar-refractivity contribution in [2.45, 2.75) is 39.0 Å². The van der Waals surface area contributed by atoms with E-state index in [4.69, 9.17) is 0 Å². The zero-order valence-electron chi connectivity index (χ0n) is 11.1. The van der Waals surface area contributed by atoms with Gasteiger partial charge in [-0.25, -0.2) is 0 Å². The average molecular weight is 242 g/mol. The summed E-state index contributed by atoms with van der Waals surface area (Å²) in [5.41, 5.74) is 1.32. The Morgan fingerprint density at radius 1 is 0.833 bits per heavy atom. The van der Waals surface area contributed by atoms with Crippen molar-refractivity contribution in [1.82, 2.24) is 0 Å². The highest BCUT2D eigenvalue weighted by molar-refractivity contribution is 5.85. The molecule has 4 saturated carbocycles. The van der Waals surface area contributed by atoms with E-state index in [-0.39, 0.29) is 0 Å². The molecule has 1 aromatic rings. The van der Waals surface area contributed by atoms with Crippen LogP contribution in [0.15, 0.2) is 30.3 Å². The first-order valence-corrected chi connectivity index (χ1v) is 7.27. The number of carbonyl (C=O) groups excluding carboxylic acids is 1. The van der Waals surface area contributed by atoms with Crippen molar-refractivity contribution in [2.75, 3.05) is 0 Å². The van der Waals surface area contributed by atoms with Gasteiger partial charge >= 0.3 is 0 Å². The summed E-state index contributed by atoms with van der Waals surface area (Å²) in [5.74, 6) is 3.51. The number of carbonyl (C=O) groups is 1. The lowest BCUT2D eigenvalue weighted by Crippen LogP contribution is -2.45. The molecule has 0 heterocycles. The Morgan fingerprint density at radius 3 is 1.72 bits per heavy atom. The summed E-state index contributed by atoms with van der Waals surface area (Å²) < 4.78 is 0. The third kappa shape index (κ3) is 2.36. The van der Waals surface area contributed by atoms with Crippen LogP contribution < -0.4 is 0 Å². The summed E-state index contributed by atoms with van der Waals surface area (Å²) in [6, 6.07) is 10.3. The fraction of sp³-hybridized carbons (Fsp3) is 0.588. The predicted octanol–water partition coefficient (Wildman–Crippen LogP) is 4.01. The molecule has 5 rings (SSSR count). The molecule has 0 N–H and O–H groups in total. The molecule has 18 heavy (non-hydrogen) atoms. The molecular weight excluding hydrogens is 220 g/mol. The Labute approximate surface area is 110 Å². The van der Waals surface area contributed by atoms with Crippen LogP contribution in [0, 0.1) is 30.6 Å². The lowest BCUT2D eigenvalue weighted by molar-refractivity contribution is -0.139. The van der Waals surface area contributed by atoms with Crippen molar-refractivity contribution in [3.05, 3.63) is 35.9 Å². The molecule has 0 radical (unpaired) electrons. The minimum Gasteiger partial charge on any atom is -0.299 e. The fourth-order valence-electron chi connectivity index (χ4n) is 4.18. The van der Waals surface area contributed by atoms with Crippen molar-refractivity contribution >= 4 is 5.78 Å². The van der Waals surface area contributed by atoms with E-state index in [1.807, 2.05) is 18.2 Å². The highest BCUT2D eigenvalue weighted by atomic mass is 16.1. The molecule has 0 aromatic heterocycles. The van der Waals surface area contributed by atoms with Gasteiger partial charge < -0.3 is 0 Å². The number of rotatable bonds is 0. The summed E-state index contributed by atoms with van der Waals surface area (Å²) in [6.07, 6.45) is 6.41. The van der Waals surface area contributed by atoms with Crippen LogP contribution in [0.3, 0.4) is 0 Å². The second-order valence-corrected chi connectivity index (χ2v) is 6.36. The van der Waals surface area contributed by atoms with E-state index in [1.165, 1.54) is 37.7 Å². The van der Waals surface area contributed by atoms with E-state index in [0.29, 0.717) is 17.6 Å². The molecule has 0 aliphatic heterocycles. The molecule has 1 heteroatoms. The predicted molar refractivity (Wildman–Crippen MR) is 73.2 cm³/mol. The van der Waals surface area contributed by atoms with Gasteiger partial charge in [-0.1, -0.05) is 35.9 Å². The highest BCUT2D eigenvalue weighted by Crippen LogP contribution is 2.51. The van der Waals surface area contributed by atoms with Crippen molar-refractivity contribution < 1.29 is 4.79 Å². The molecule has 1 aromatic carbocycles. The zero-order chi connectivity index (χ0) is 12.5. The van der Waals surface area contributed by atoms with Crippen LogP contribution >= 0.6 is 0 Å². The van der Waals surface area contributed by atoms with E-state index < -0.39 is 0 Å². The molecular formula is C17H22O. The molecule has 0 saturated heterocycles. The quantitative estimate of drug-likeness (QED) is 0.672. The standard InChI is InChI=1S/C10H14O.C7H8/c11-10-8-2-6-1-7(4-8)5-9(10)3-6;1-7-5-3-2-4-6-7/h6-9H,1-5H2;2-6H,1H3. The summed E-state index contributed by atoms with van der Waals surface area (Å²) in [7, 11) is 0. The lowest BCUT2D eigenvalue weighted by Gasteiger charge is -2.48. The number of hydrogen-bond acceptors (Lipinski definition) is 1. The largest absolute Gasteiger partial charge is 0.299 e. The Kier molecular flexibility index (Phi) is 3.23. The van der Waals surface area contributed by atoms with Gasteiger partial charge in [0.15, 0.2) is 0 Å². The Morgan fingerprint density at radius 2 is 1.33 bits per heavy atom. The van der Waals surface area contributed by atoms with Gasteiger partial charge in [0, 0.05) is 11.8 Å².